The van der Waals surface area contributed by atoms with Crippen molar-refractivity contribution in [2.45, 2.75) is 68.6 Å². The van der Waals surface area contributed by atoms with Gasteiger partial charge in [0.25, 0.3) is 0 Å². The van der Waals surface area contributed by atoms with E-state index in [4.69, 9.17) is 16.7 Å². The molecule has 0 heterocycles. The van der Waals surface area contributed by atoms with E-state index in [0.717, 1.165) is 17.7 Å². The largest absolute Gasteiger partial charge is 0.480 e. The topological polar surface area (TPSA) is 216 Å². The van der Waals surface area contributed by atoms with Gasteiger partial charge in [0.1, 0.15) is 17.0 Å². The Hall–Kier alpha value is -4.50. The van der Waals surface area contributed by atoms with E-state index >= 15 is 0 Å². The van der Waals surface area contributed by atoms with Gasteiger partial charge in [0.2, 0.25) is 15.9 Å². The smallest absolute Gasteiger partial charge is 0.337 e. The SMILES string of the molecule is C[C@H](N[C@@H](CCc1ccccc1)C(=O)O)C(=O)N(Cc1ccccc1)[C@@H](CCCCNc1cc(Cl)c(S(N)(=O)=O)cc1C(=O)O)C(=O)O. The van der Waals surface area contributed by atoms with Crippen molar-refractivity contribution in [2.24, 2.45) is 5.14 Å². The van der Waals surface area contributed by atoms with E-state index < -0.39 is 56.9 Å². The number of nitrogens with one attached hydrogen (secondary N) is 2. The number of aryl methyl sites for hydroxylation is 1. The number of primary sulfonamides is 1. The molecular weight excluding hydrogens is 664 g/mol. The number of carboxylic acids is 3. The van der Waals surface area contributed by atoms with Crippen molar-refractivity contribution >= 4 is 51.1 Å². The van der Waals surface area contributed by atoms with Gasteiger partial charge in [-0.15, -0.1) is 0 Å². The van der Waals surface area contributed by atoms with Gasteiger partial charge in [0.05, 0.1) is 22.3 Å². The zero-order chi connectivity index (χ0) is 35.4. The van der Waals surface area contributed by atoms with Gasteiger partial charge in [-0.25, -0.2) is 23.1 Å². The molecule has 0 radical (unpaired) electrons. The number of carbonyl (C=O) groups is 4. The molecule has 0 spiro atoms. The minimum absolute atomic E-state index is 0.0282. The van der Waals surface area contributed by atoms with Crippen LogP contribution in [0.3, 0.4) is 0 Å². The lowest BCUT2D eigenvalue weighted by atomic mass is 10.0. The van der Waals surface area contributed by atoms with Crippen LogP contribution in [-0.4, -0.2) is 77.1 Å². The maximum Gasteiger partial charge on any atom is 0.337 e. The molecule has 0 saturated heterocycles. The van der Waals surface area contributed by atoms with Crippen molar-refractivity contribution in [3.8, 4) is 0 Å². The van der Waals surface area contributed by atoms with E-state index in [9.17, 15) is 42.9 Å². The second-order valence-corrected chi connectivity index (χ2v) is 13.1. The number of sulfonamides is 1. The molecule has 48 heavy (non-hydrogen) atoms. The molecule has 258 valence electrons. The summed E-state index contributed by atoms with van der Waals surface area (Å²) in [5.74, 6) is -4.36. The summed E-state index contributed by atoms with van der Waals surface area (Å²) in [5.41, 5.74) is 1.32. The van der Waals surface area contributed by atoms with E-state index in [-0.39, 0.29) is 42.2 Å². The van der Waals surface area contributed by atoms with Gasteiger partial charge in [-0.2, -0.15) is 0 Å². The molecule has 0 aliphatic carbocycles. The Morgan fingerprint density at radius 1 is 0.875 bits per heavy atom. The van der Waals surface area contributed by atoms with Crippen LogP contribution in [0.15, 0.2) is 77.7 Å². The average Bonchev–Trinajstić information content (AvgIpc) is 3.03. The Balaban J connectivity index is 1.72. The lowest BCUT2D eigenvalue weighted by molar-refractivity contribution is -0.152. The van der Waals surface area contributed by atoms with Gasteiger partial charge in [0, 0.05) is 13.1 Å². The number of nitrogens with two attached hydrogens (primary N) is 1. The number of hydrogen-bond donors (Lipinski definition) is 6. The van der Waals surface area contributed by atoms with Crippen molar-refractivity contribution in [3.63, 3.8) is 0 Å². The summed E-state index contributed by atoms with van der Waals surface area (Å²) in [5, 5.41) is 40.3. The molecule has 0 unspecified atom stereocenters. The maximum atomic E-state index is 13.8. The van der Waals surface area contributed by atoms with Gasteiger partial charge in [-0.3, -0.25) is 14.9 Å². The third kappa shape index (κ3) is 11.0. The molecule has 0 fully saturated rings. The lowest BCUT2D eigenvalue weighted by Crippen LogP contribution is -2.54. The number of unbranched alkanes of at least 4 members (excludes halogenated alkanes) is 1. The molecule has 0 bridgehead atoms. The van der Waals surface area contributed by atoms with Gasteiger partial charge in [0.15, 0.2) is 0 Å². The number of amides is 1. The van der Waals surface area contributed by atoms with Crippen LogP contribution in [0.5, 0.6) is 0 Å². The third-order valence-corrected chi connectivity index (χ3v) is 9.03. The Labute approximate surface area is 283 Å². The number of halogens is 1. The Morgan fingerprint density at radius 3 is 2.02 bits per heavy atom. The van der Waals surface area contributed by atoms with E-state index in [0.29, 0.717) is 24.8 Å². The molecular formula is C33H39ClN4O9S. The highest BCUT2D eigenvalue weighted by Gasteiger charge is 2.33. The molecule has 15 heteroatoms. The normalized spacial score (nSPS) is 13.2. The molecule has 0 aliphatic heterocycles. The number of carboxylic acid groups (broad SMARTS) is 3. The lowest BCUT2D eigenvalue weighted by Gasteiger charge is -2.32. The van der Waals surface area contributed by atoms with Crippen molar-refractivity contribution in [2.75, 3.05) is 11.9 Å². The summed E-state index contributed by atoms with van der Waals surface area (Å²) < 4.78 is 23.5. The highest BCUT2D eigenvalue weighted by Crippen LogP contribution is 2.28. The fourth-order valence-electron chi connectivity index (χ4n) is 5.17. The number of carbonyl (C=O) groups excluding carboxylic acids is 1. The van der Waals surface area contributed by atoms with E-state index in [1.54, 1.807) is 30.3 Å². The standard InChI is InChI=1S/C33H39ClN4O9S/c1-21(37-26(32(42)43)16-15-22-10-4-2-5-11-22)30(39)38(20-23-12-6-3-7-13-23)28(33(44)45)14-8-9-17-36-27-19-25(34)29(48(35,46)47)18-24(27)31(40)41/h2-7,10-13,18-19,21,26,28,36-37H,8-9,14-17,20H2,1H3,(H,40,41)(H,42,43)(H,44,45)(H2,35,46,47)/t21-,26-,28-/m0/s1. The molecule has 0 saturated carbocycles. The van der Waals surface area contributed by atoms with Crippen LogP contribution in [0.25, 0.3) is 0 Å². The maximum absolute atomic E-state index is 13.8. The Morgan fingerprint density at radius 2 is 1.48 bits per heavy atom. The Kier molecular flexibility index (Phi) is 13.9. The van der Waals surface area contributed by atoms with Gasteiger partial charge in [-0.1, -0.05) is 72.3 Å². The van der Waals surface area contributed by atoms with E-state index in [2.05, 4.69) is 10.6 Å². The first-order valence-corrected chi connectivity index (χ1v) is 17.0. The van der Waals surface area contributed by atoms with Crippen molar-refractivity contribution in [1.29, 1.82) is 0 Å². The van der Waals surface area contributed by atoms with Crippen molar-refractivity contribution < 1.29 is 42.9 Å². The Bertz CT molecular complexity index is 1690. The van der Waals surface area contributed by atoms with Crippen LogP contribution < -0.4 is 15.8 Å². The van der Waals surface area contributed by atoms with Gasteiger partial charge in [-0.05, 0) is 62.3 Å². The van der Waals surface area contributed by atoms with Crippen molar-refractivity contribution in [3.05, 3.63) is 94.5 Å². The first-order valence-electron chi connectivity index (χ1n) is 15.1. The van der Waals surface area contributed by atoms with Gasteiger partial charge >= 0.3 is 17.9 Å². The first-order chi connectivity index (χ1) is 22.7. The third-order valence-electron chi connectivity index (χ3n) is 7.65. The summed E-state index contributed by atoms with van der Waals surface area (Å²) in [6.45, 7) is 1.65. The van der Waals surface area contributed by atoms with Gasteiger partial charge < -0.3 is 25.5 Å². The van der Waals surface area contributed by atoms with E-state index in [1.165, 1.54) is 11.8 Å². The van der Waals surface area contributed by atoms with Crippen LogP contribution in [0.4, 0.5) is 5.69 Å². The number of aliphatic carboxylic acids is 2. The van der Waals surface area contributed by atoms with Crippen molar-refractivity contribution in [1.82, 2.24) is 10.2 Å². The summed E-state index contributed by atoms with van der Waals surface area (Å²) in [6, 6.07) is 16.8. The molecule has 13 nitrogen and oxygen atoms in total. The summed E-state index contributed by atoms with van der Waals surface area (Å²) >= 11 is 6.03. The summed E-state index contributed by atoms with van der Waals surface area (Å²) in [7, 11) is -4.27. The quantitative estimate of drug-likeness (QED) is 0.0987. The molecule has 3 rings (SSSR count). The molecule has 0 aromatic heterocycles. The predicted molar refractivity (Wildman–Crippen MR) is 179 cm³/mol. The average molecular weight is 703 g/mol. The van der Waals surface area contributed by atoms with Crippen LogP contribution in [0.2, 0.25) is 5.02 Å². The highest BCUT2D eigenvalue weighted by molar-refractivity contribution is 7.89. The zero-order valence-corrected chi connectivity index (χ0v) is 27.8. The number of hydrogen-bond acceptors (Lipinski definition) is 8. The van der Waals surface area contributed by atoms with E-state index in [1.807, 2.05) is 30.3 Å². The molecule has 3 aromatic carbocycles. The molecule has 0 aliphatic rings. The number of benzene rings is 3. The summed E-state index contributed by atoms with van der Waals surface area (Å²) in [6.07, 6.45) is 1.35. The monoisotopic (exact) mass is 702 g/mol. The molecule has 3 atom stereocenters. The number of rotatable bonds is 19. The number of aromatic carboxylic acids is 1. The van der Waals surface area contributed by atoms with Crippen LogP contribution in [0, 0.1) is 0 Å². The summed E-state index contributed by atoms with van der Waals surface area (Å²) in [4.78, 5) is 50.9. The fraction of sp³-hybridized carbons (Fsp3) is 0.333. The second kappa shape index (κ2) is 17.6. The zero-order valence-electron chi connectivity index (χ0n) is 26.2. The predicted octanol–water partition coefficient (Wildman–Crippen LogP) is 3.81. The highest BCUT2D eigenvalue weighted by atomic mass is 35.5. The molecule has 3 aromatic rings. The minimum Gasteiger partial charge on any atom is -0.480 e. The fourth-order valence-corrected chi connectivity index (χ4v) is 6.27. The number of anilines is 1. The first kappa shape index (κ1) is 38.0. The van der Waals surface area contributed by atoms with Crippen LogP contribution >= 0.6 is 11.6 Å². The second-order valence-electron chi connectivity index (χ2n) is 11.2. The molecule has 1 amide bonds. The minimum atomic E-state index is -4.27. The number of nitrogens with zero attached hydrogens (tertiary/aromatic N) is 1. The molecule has 7 N–H and O–H groups in total. The van der Waals surface area contributed by atoms with Crippen LogP contribution in [0.1, 0.15) is 54.1 Å². The van der Waals surface area contributed by atoms with Crippen LogP contribution in [-0.2, 0) is 37.4 Å².